The van der Waals surface area contributed by atoms with Crippen LogP contribution in [0.4, 0.5) is 5.69 Å². The fourth-order valence-corrected chi connectivity index (χ4v) is 2.89. The third-order valence-corrected chi connectivity index (χ3v) is 4.46. The zero-order chi connectivity index (χ0) is 21.8. The summed E-state index contributed by atoms with van der Waals surface area (Å²) < 4.78 is 5.27. The van der Waals surface area contributed by atoms with Crippen LogP contribution in [0.5, 0.6) is 0 Å². The minimum Gasteiger partial charge on any atom is -0.448 e. The number of carbonyl (C=O) groups excluding carboxylic acids is 2. The molecule has 2 aromatic carbocycles. The molecular weight excluding hydrogens is 382 g/mol. The van der Waals surface area contributed by atoms with Crippen LogP contribution in [0, 0.1) is 32.1 Å². The molecule has 1 aromatic heterocycles. The van der Waals surface area contributed by atoms with Crippen molar-refractivity contribution in [3.63, 3.8) is 0 Å². The molecule has 152 valence electrons. The first-order chi connectivity index (χ1) is 14.3. The monoisotopic (exact) mass is 403 g/mol. The normalized spacial score (nSPS) is 11.4. The van der Waals surface area contributed by atoms with E-state index in [9.17, 15) is 9.59 Å². The van der Waals surface area contributed by atoms with Gasteiger partial charge in [-0.15, -0.1) is 5.10 Å². The van der Waals surface area contributed by atoms with Gasteiger partial charge in [0.2, 0.25) is 0 Å². The van der Waals surface area contributed by atoms with Gasteiger partial charge in [-0.1, -0.05) is 23.8 Å². The summed E-state index contributed by atoms with van der Waals surface area (Å²) in [7, 11) is 0. The Balaban J connectivity index is 1.71. The second-order valence-corrected chi connectivity index (χ2v) is 6.94. The van der Waals surface area contributed by atoms with Gasteiger partial charge in [0, 0.05) is 5.69 Å². The number of amides is 1. The number of anilines is 1. The molecule has 0 bridgehead atoms. The number of nitrogens with one attached hydrogen (secondary N) is 1. The summed E-state index contributed by atoms with van der Waals surface area (Å²) in [5, 5.41) is 20.1. The molecule has 0 fully saturated rings. The van der Waals surface area contributed by atoms with Crippen LogP contribution in [0.3, 0.4) is 0 Å². The van der Waals surface area contributed by atoms with E-state index in [0.29, 0.717) is 16.9 Å². The topological polar surface area (TPSA) is 110 Å². The van der Waals surface area contributed by atoms with Crippen molar-refractivity contribution in [2.75, 3.05) is 5.32 Å². The zero-order valence-corrected chi connectivity index (χ0v) is 17.1. The summed E-state index contributed by atoms with van der Waals surface area (Å²) in [5.41, 5.74) is 4.13. The maximum absolute atomic E-state index is 12.6. The number of aryl methyl sites for hydroxylation is 3. The van der Waals surface area contributed by atoms with Gasteiger partial charge in [0.15, 0.2) is 11.8 Å². The minimum atomic E-state index is -1.06. The number of carbonyl (C=O) groups is 2. The minimum absolute atomic E-state index is 0.0427. The highest BCUT2D eigenvalue weighted by molar-refractivity contribution is 5.97. The van der Waals surface area contributed by atoms with Crippen molar-refractivity contribution >= 4 is 17.6 Å². The largest absolute Gasteiger partial charge is 0.448 e. The quantitative estimate of drug-likeness (QED) is 0.655. The Morgan fingerprint density at radius 2 is 1.90 bits per heavy atom. The SMILES string of the molecule is Cc1ccc(-n2nc(C)c(C(=O)O[C@H](C)C(=O)Nc3cccc(C#N)c3)n2)c(C)c1. The number of rotatable bonds is 5. The summed E-state index contributed by atoms with van der Waals surface area (Å²) in [6, 6.07) is 14.3. The first-order valence-electron chi connectivity index (χ1n) is 9.32. The van der Waals surface area contributed by atoms with E-state index in [2.05, 4.69) is 15.5 Å². The molecule has 0 saturated heterocycles. The molecule has 3 rings (SSSR count). The highest BCUT2D eigenvalue weighted by Gasteiger charge is 2.24. The summed E-state index contributed by atoms with van der Waals surface area (Å²) in [5.74, 6) is -1.25. The van der Waals surface area contributed by atoms with Crippen LogP contribution in [0.2, 0.25) is 0 Å². The molecule has 1 heterocycles. The van der Waals surface area contributed by atoms with Crippen LogP contribution in [-0.4, -0.2) is 33.0 Å². The van der Waals surface area contributed by atoms with Crippen molar-refractivity contribution in [3.05, 3.63) is 70.5 Å². The predicted molar refractivity (Wildman–Crippen MR) is 110 cm³/mol. The van der Waals surface area contributed by atoms with Gasteiger partial charge in [-0.2, -0.15) is 15.2 Å². The third-order valence-electron chi connectivity index (χ3n) is 4.46. The Labute approximate surface area is 174 Å². The number of nitriles is 1. The Hall–Kier alpha value is -3.99. The number of esters is 1. The average Bonchev–Trinajstić information content (AvgIpc) is 3.09. The predicted octanol–water partition coefficient (Wildman–Crippen LogP) is 3.25. The van der Waals surface area contributed by atoms with Crippen molar-refractivity contribution < 1.29 is 14.3 Å². The molecule has 1 N–H and O–H groups in total. The Morgan fingerprint density at radius 1 is 1.13 bits per heavy atom. The van der Waals surface area contributed by atoms with E-state index in [0.717, 1.165) is 16.8 Å². The van der Waals surface area contributed by atoms with Gasteiger partial charge < -0.3 is 10.1 Å². The standard InChI is InChI=1S/C22H21N5O3/c1-13-8-9-19(14(2)10-13)27-25-15(3)20(26-27)22(29)30-16(4)21(28)24-18-7-5-6-17(11-18)12-23/h5-11,16H,1-4H3,(H,24,28)/t16-/m1/s1. The van der Waals surface area contributed by atoms with Gasteiger partial charge >= 0.3 is 5.97 Å². The highest BCUT2D eigenvalue weighted by Crippen LogP contribution is 2.16. The first-order valence-corrected chi connectivity index (χ1v) is 9.32. The summed E-state index contributed by atoms with van der Waals surface area (Å²) >= 11 is 0. The number of nitrogens with zero attached hydrogens (tertiary/aromatic N) is 4. The summed E-state index contributed by atoms with van der Waals surface area (Å²) in [6.07, 6.45) is -1.06. The van der Waals surface area contributed by atoms with E-state index in [-0.39, 0.29) is 5.69 Å². The summed E-state index contributed by atoms with van der Waals surface area (Å²) in [6.45, 7) is 7.05. The molecule has 0 spiro atoms. The molecule has 8 heteroatoms. The van der Waals surface area contributed by atoms with E-state index in [1.54, 1.807) is 25.1 Å². The van der Waals surface area contributed by atoms with Crippen LogP contribution in [0.1, 0.15) is 39.8 Å². The lowest BCUT2D eigenvalue weighted by Gasteiger charge is -2.13. The van der Waals surface area contributed by atoms with Crippen LogP contribution < -0.4 is 5.32 Å². The molecule has 0 aliphatic heterocycles. The molecule has 3 aromatic rings. The van der Waals surface area contributed by atoms with Crippen molar-refractivity contribution in [1.82, 2.24) is 15.0 Å². The number of aromatic nitrogens is 3. The number of ether oxygens (including phenoxy) is 1. The highest BCUT2D eigenvalue weighted by atomic mass is 16.5. The van der Waals surface area contributed by atoms with Gasteiger partial charge in [-0.05, 0) is 57.5 Å². The molecule has 30 heavy (non-hydrogen) atoms. The maximum Gasteiger partial charge on any atom is 0.361 e. The van der Waals surface area contributed by atoms with E-state index in [1.807, 2.05) is 38.1 Å². The lowest BCUT2D eigenvalue weighted by Crippen LogP contribution is -2.30. The Morgan fingerprint density at radius 3 is 2.60 bits per heavy atom. The second-order valence-electron chi connectivity index (χ2n) is 6.94. The van der Waals surface area contributed by atoms with E-state index >= 15 is 0 Å². The maximum atomic E-state index is 12.6. The Kier molecular flexibility index (Phi) is 5.93. The van der Waals surface area contributed by atoms with Crippen LogP contribution >= 0.6 is 0 Å². The Bertz CT molecular complexity index is 1160. The lowest BCUT2D eigenvalue weighted by atomic mass is 10.1. The van der Waals surface area contributed by atoms with Gasteiger partial charge in [0.1, 0.15) is 0 Å². The first kappa shape index (κ1) is 20.7. The molecule has 8 nitrogen and oxygen atoms in total. The van der Waals surface area contributed by atoms with Crippen LogP contribution in [0.25, 0.3) is 5.69 Å². The second kappa shape index (κ2) is 8.57. The number of benzene rings is 2. The van der Waals surface area contributed by atoms with Crippen molar-refractivity contribution in [2.24, 2.45) is 0 Å². The molecule has 1 amide bonds. The van der Waals surface area contributed by atoms with Crippen molar-refractivity contribution in [1.29, 1.82) is 5.26 Å². The van der Waals surface area contributed by atoms with Crippen LogP contribution in [-0.2, 0) is 9.53 Å². The third kappa shape index (κ3) is 4.52. The fraction of sp³-hybridized carbons (Fsp3) is 0.227. The lowest BCUT2D eigenvalue weighted by molar-refractivity contribution is -0.123. The molecule has 0 saturated carbocycles. The smallest absolute Gasteiger partial charge is 0.361 e. The fourth-order valence-electron chi connectivity index (χ4n) is 2.89. The number of hydrogen-bond donors (Lipinski definition) is 1. The van der Waals surface area contributed by atoms with E-state index < -0.39 is 18.0 Å². The number of hydrogen-bond acceptors (Lipinski definition) is 6. The molecule has 0 aliphatic carbocycles. The average molecular weight is 403 g/mol. The van der Waals surface area contributed by atoms with Crippen molar-refractivity contribution in [2.45, 2.75) is 33.8 Å². The van der Waals surface area contributed by atoms with Crippen LogP contribution in [0.15, 0.2) is 42.5 Å². The van der Waals surface area contributed by atoms with Gasteiger partial charge in [-0.25, -0.2) is 4.79 Å². The van der Waals surface area contributed by atoms with Gasteiger partial charge in [0.05, 0.1) is 23.0 Å². The van der Waals surface area contributed by atoms with E-state index in [1.165, 1.54) is 17.8 Å². The van der Waals surface area contributed by atoms with Gasteiger partial charge in [0.25, 0.3) is 5.91 Å². The molecule has 1 atom stereocenters. The zero-order valence-electron chi connectivity index (χ0n) is 17.1. The molecule has 0 radical (unpaired) electrons. The van der Waals surface area contributed by atoms with Crippen molar-refractivity contribution in [3.8, 4) is 11.8 Å². The molecule has 0 unspecified atom stereocenters. The molecular formula is C22H21N5O3. The van der Waals surface area contributed by atoms with E-state index in [4.69, 9.17) is 10.00 Å². The summed E-state index contributed by atoms with van der Waals surface area (Å²) in [4.78, 5) is 26.3. The van der Waals surface area contributed by atoms with Gasteiger partial charge in [-0.3, -0.25) is 4.79 Å². The molecule has 0 aliphatic rings.